The van der Waals surface area contributed by atoms with Gasteiger partial charge in [0.05, 0.1) is 0 Å². The Morgan fingerprint density at radius 3 is 2.42 bits per heavy atom. The summed E-state index contributed by atoms with van der Waals surface area (Å²) in [6.45, 7) is 2.94. The van der Waals surface area contributed by atoms with Gasteiger partial charge in [-0.3, -0.25) is 0 Å². The zero-order valence-corrected chi connectivity index (χ0v) is 16.7. The molecule has 2 aromatic carbocycles. The van der Waals surface area contributed by atoms with Crippen molar-refractivity contribution in [3.05, 3.63) is 64.7 Å². The summed E-state index contributed by atoms with van der Waals surface area (Å²) in [6.07, 6.45) is 10.9. The van der Waals surface area contributed by atoms with E-state index in [9.17, 15) is 0 Å². The zero-order valence-electron chi connectivity index (χ0n) is 15.9. The summed E-state index contributed by atoms with van der Waals surface area (Å²) in [5.74, 6) is 2.75. The van der Waals surface area contributed by atoms with Gasteiger partial charge in [0.2, 0.25) is 0 Å². The molecule has 0 amide bonds. The van der Waals surface area contributed by atoms with Gasteiger partial charge in [0.15, 0.2) is 0 Å². The SMILES string of the molecule is CC(CCc1ccccc1OCc1ccccc1Cl)CC1CCCCC1. The fourth-order valence-corrected chi connectivity index (χ4v) is 4.32. The third-order valence-corrected chi connectivity index (χ3v) is 6.05. The Kier molecular flexibility index (Phi) is 7.43. The Morgan fingerprint density at radius 2 is 1.65 bits per heavy atom. The first-order valence-electron chi connectivity index (χ1n) is 10.2. The highest BCUT2D eigenvalue weighted by molar-refractivity contribution is 6.31. The molecule has 0 N–H and O–H groups in total. The van der Waals surface area contributed by atoms with Crippen molar-refractivity contribution >= 4 is 11.6 Å². The first-order valence-corrected chi connectivity index (χ1v) is 10.5. The maximum atomic E-state index is 6.25. The lowest BCUT2D eigenvalue weighted by Crippen LogP contribution is -2.11. The van der Waals surface area contributed by atoms with Crippen molar-refractivity contribution in [3.8, 4) is 5.75 Å². The van der Waals surface area contributed by atoms with E-state index in [0.29, 0.717) is 6.61 Å². The van der Waals surface area contributed by atoms with Crippen LogP contribution in [0.25, 0.3) is 0 Å². The predicted molar refractivity (Wildman–Crippen MR) is 111 cm³/mol. The topological polar surface area (TPSA) is 9.23 Å². The lowest BCUT2D eigenvalue weighted by Gasteiger charge is -2.24. The van der Waals surface area contributed by atoms with Gasteiger partial charge in [-0.05, 0) is 48.8 Å². The Morgan fingerprint density at radius 1 is 0.962 bits per heavy atom. The lowest BCUT2D eigenvalue weighted by molar-refractivity contribution is 0.286. The maximum absolute atomic E-state index is 6.25. The van der Waals surface area contributed by atoms with Crippen molar-refractivity contribution in [2.75, 3.05) is 0 Å². The van der Waals surface area contributed by atoms with Crippen molar-refractivity contribution < 1.29 is 4.74 Å². The fraction of sp³-hybridized carbons (Fsp3) is 0.500. The number of halogens is 1. The average molecular weight is 371 g/mol. The summed E-state index contributed by atoms with van der Waals surface area (Å²) in [6, 6.07) is 16.3. The quantitative estimate of drug-likeness (QED) is 0.468. The second kappa shape index (κ2) is 10.0. The van der Waals surface area contributed by atoms with E-state index in [4.69, 9.17) is 16.3 Å². The minimum Gasteiger partial charge on any atom is -0.489 e. The minimum absolute atomic E-state index is 0.522. The molecule has 1 fully saturated rings. The van der Waals surface area contributed by atoms with Crippen LogP contribution in [0.3, 0.4) is 0 Å². The van der Waals surface area contributed by atoms with Crippen LogP contribution in [0, 0.1) is 11.8 Å². The Bertz CT molecular complexity index is 675. The lowest BCUT2D eigenvalue weighted by atomic mass is 9.82. The summed E-state index contributed by atoms with van der Waals surface area (Å²) in [4.78, 5) is 0. The van der Waals surface area contributed by atoms with Crippen LogP contribution in [0.5, 0.6) is 5.75 Å². The number of aryl methyl sites for hydroxylation is 1. The number of rotatable bonds is 8. The van der Waals surface area contributed by atoms with E-state index >= 15 is 0 Å². The highest BCUT2D eigenvalue weighted by Crippen LogP contribution is 2.31. The van der Waals surface area contributed by atoms with E-state index < -0.39 is 0 Å². The van der Waals surface area contributed by atoms with E-state index in [2.05, 4.69) is 31.2 Å². The van der Waals surface area contributed by atoms with Crippen LogP contribution < -0.4 is 4.74 Å². The molecule has 0 aromatic heterocycles. The molecular formula is C24H31ClO. The van der Waals surface area contributed by atoms with Crippen LogP contribution in [0.15, 0.2) is 48.5 Å². The summed E-state index contributed by atoms with van der Waals surface area (Å²) < 4.78 is 6.10. The van der Waals surface area contributed by atoms with Crippen LogP contribution >= 0.6 is 11.6 Å². The Labute approximate surface area is 163 Å². The molecule has 2 heteroatoms. The van der Waals surface area contributed by atoms with Gasteiger partial charge in [0, 0.05) is 10.6 Å². The van der Waals surface area contributed by atoms with E-state index in [1.54, 1.807) is 0 Å². The highest BCUT2D eigenvalue weighted by atomic mass is 35.5. The first-order chi connectivity index (χ1) is 12.7. The van der Waals surface area contributed by atoms with E-state index in [1.807, 2.05) is 24.3 Å². The molecule has 26 heavy (non-hydrogen) atoms. The largest absolute Gasteiger partial charge is 0.489 e. The third-order valence-electron chi connectivity index (χ3n) is 5.68. The third kappa shape index (κ3) is 5.77. The summed E-state index contributed by atoms with van der Waals surface area (Å²) >= 11 is 6.25. The highest BCUT2D eigenvalue weighted by Gasteiger charge is 2.17. The summed E-state index contributed by atoms with van der Waals surface area (Å²) in [5.41, 5.74) is 2.35. The Balaban J connectivity index is 1.52. The number of ether oxygens (including phenoxy) is 1. The van der Waals surface area contributed by atoms with Gasteiger partial charge in [0.1, 0.15) is 12.4 Å². The summed E-state index contributed by atoms with van der Waals surface area (Å²) in [7, 11) is 0. The average Bonchev–Trinajstić information content (AvgIpc) is 2.67. The molecule has 0 bridgehead atoms. The van der Waals surface area contributed by atoms with Gasteiger partial charge in [0.25, 0.3) is 0 Å². The normalized spacial score (nSPS) is 16.4. The van der Waals surface area contributed by atoms with Gasteiger partial charge in [-0.15, -0.1) is 0 Å². The molecule has 140 valence electrons. The molecule has 0 radical (unpaired) electrons. The fourth-order valence-electron chi connectivity index (χ4n) is 4.13. The maximum Gasteiger partial charge on any atom is 0.122 e. The van der Waals surface area contributed by atoms with Crippen molar-refractivity contribution in [1.82, 2.24) is 0 Å². The smallest absolute Gasteiger partial charge is 0.122 e. The molecule has 0 spiro atoms. The van der Waals surface area contributed by atoms with E-state index in [-0.39, 0.29) is 0 Å². The number of hydrogen-bond acceptors (Lipinski definition) is 1. The molecule has 1 aliphatic rings. The van der Waals surface area contributed by atoms with Gasteiger partial charge >= 0.3 is 0 Å². The Hall–Kier alpha value is -1.47. The number of hydrogen-bond donors (Lipinski definition) is 0. The molecule has 0 aliphatic heterocycles. The molecule has 1 unspecified atom stereocenters. The van der Waals surface area contributed by atoms with Crippen molar-refractivity contribution in [3.63, 3.8) is 0 Å². The molecule has 1 saturated carbocycles. The molecule has 3 rings (SSSR count). The van der Waals surface area contributed by atoms with E-state index in [1.165, 1.54) is 50.5 Å². The van der Waals surface area contributed by atoms with Crippen LogP contribution in [-0.4, -0.2) is 0 Å². The van der Waals surface area contributed by atoms with Gasteiger partial charge in [-0.2, -0.15) is 0 Å². The second-order valence-electron chi connectivity index (χ2n) is 7.87. The van der Waals surface area contributed by atoms with Gasteiger partial charge < -0.3 is 4.74 Å². The van der Waals surface area contributed by atoms with Crippen LogP contribution in [0.2, 0.25) is 5.02 Å². The summed E-state index contributed by atoms with van der Waals surface area (Å²) in [5, 5.41) is 0.770. The van der Waals surface area contributed by atoms with Gasteiger partial charge in [-0.25, -0.2) is 0 Å². The van der Waals surface area contributed by atoms with Crippen molar-refractivity contribution in [2.24, 2.45) is 11.8 Å². The number of para-hydroxylation sites is 1. The van der Waals surface area contributed by atoms with Crippen LogP contribution in [-0.2, 0) is 13.0 Å². The molecule has 2 aromatic rings. The number of benzene rings is 2. The minimum atomic E-state index is 0.522. The van der Waals surface area contributed by atoms with Gasteiger partial charge in [-0.1, -0.05) is 87.0 Å². The molecule has 0 saturated heterocycles. The van der Waals surface area contributed by atoms with Crippen molar-refractivity contribution in [1.29, 1.82) is 0 Å². The molecule has 0 heterocycles. The standard InChI is InChI=1S/C24H31ClO/c1-19(17-20-9-3-2-4-10-20)15-16-21-11-6-8-14-24(21)26-18-22-12-5-7-13-23(22)25/h5-8,11-14,19-20H,2-4,9-10,15-18H2,1H3. The molecule has 1 aliphatic carbocycles. The molecule has 1 atom stereocenters. The van der Waals surface area contributed by atoms with Crippen LogP contribution in [0.1, 0.15) is 63.0 Å². The second-order valence-corrected chi connectivity index (χ2v) is 8.28. The molecular weight excluding hydrogens is 340 g/mol. The predicted octanol–water partition coefficient (Wildman–Crippen LogP) is 7.46. The first kappa shape index (κ1) is 19.3. The van der Waals surface area contributed by atoms with E-state index in [0.717, 1.165) is 34.6 Å². The van der Waals surface area contributed by atoms with Crippen LogP contribution in [0.4, 0.5) is 0 Å². The van der Waals surface area contributed by atoms with Crippen molar-refractivity contribution in [2.45, 2.75) is 64.9 Å². The zero-order chi connectivity index (χ0) is 18.2. The molecule has 1 nitrogen and oxygen atoms in total. The monoisotopic (exact) mass is 370 g/mol.